The Kier molecular flexibility index (Phi) is 3.97. The summed E-state index contributed by atoms with van der Waals surface area (Å²) >= 11 is 0. The van der Waals surface area contributed by atoms with Crippen molar-refractivity contribution in [2.24, 2.45) is 5.73 Å². The molecule has 1 aliphatic rings. The summed E-state index contributed by atoms with van der Waals surface area (Å²) in [4.78, 5) is 14.0. The van der Waals surface area contributed by atoms with Crippen molar-refractivity contribution in [1.82, 2.24) is 4.90 Å². The number of rotatable bonds is 3. The van der Waals surface area contributed by atoms with Gasteiger partial charge >= 0.3 is 0 Å². The monoisotopic (exact) mass is 228 g/mol. The minimum Gasteiger partial charge on any atom is -0.377 e. The van der Waals surface area contributed by atoms with E-state index >= 15 is 0 Å². The van der Waals surface area contributed by atoms with Gasteiger partial charge in [0.05, 0.1) is 18.8 Å². The van der Waals surface area contributed by atoms with Crippen LogP contribution in [0.3, 0.4) is 0 Å². The van der Waals surface area contributed by atoms with Crippen molar-refractivity contribution in [3.63, 3.8) is 0 Å². The molecule has 16 heavy (non-hydrogen) atoms. The first-order valence-electron chi connectivity index (χ1n) is 5.89. The van der Waals surface area contributed by atoms with Gasteiger partial charge in [-0.15, -0.1) is 0 Å². The normalized spacial score (nSPS) is 20.9. The fourth-order valence-electron chi connectivity index (χ4n) is 1.88. The maximum Gasteiger partial charge on any atom is 0.223 e. The molecule has 1 heterocycles. The molecule has 2 N–H and O–H groups in total. The van der Waals surface area contributed by atoms with Crippen molar-refractivity contribution < 1.29 is 9.53 Å². The Morgan fingerprint density at radius 1 is 1.50 bits per heavy atom. The fourth-order valence-corrected chi connectivity index (χ4v) is 1.88. The van der Waals surface area contributed by atoms with E-state index in [0.717, 1.165) is 6.42 Å². The van der Waals surface area contributed by atoms with Crippen molar-refractivity contribution in [1.29, 1.82) is 0 Å². The Bertz CT molecular complexity index is 256. The molecule has 94 valence electrons. The van der Waals surface area contributed by atoms with E-state index in [9.17, 15) is 4.79 Å². The van der Waals surface area contributed by atoms with Gasteiger partial charge in [-0.05, 0) is 34.1 Å². The van der Waals surface area contributed by atoms with Gasteiger partial charge in [0, 0.05) is 18.5 Å². The van der Waals surface area contributed by atoms with E-state index in [1.54, 1.807) is 0 Å². The zero-order chi connectivity index (χ0) is 12.4. The van der Waals surface area contributed by atoms with E-state index < -0.39 is 0 Å². The zero-order valence-corrected chi connectivity index (χ0v) is 10.9. The van der Waals surface area contributed by atoms with Crippen LogP contribution in [-0.4, -0.2) is 41.6 Å². The second-order valence-electron chi connectivity index (χ2n) is 5.90. The number of amides is 1. The maximum absolute atomic E-state index is 12.1. The molecule has 0 aliphatic carbocycles. The highest BCUT2D eigenvalue weighted by molar-refractivity contribution is 5.77. The van der Waals surface area contributed by atoms with Crippen LogP contribution in [0.2, 0.25) is 0 Å². The average Bonchev–Trinajstić information content (AvgIpc) is 2.12. The number of carbonyl (C=O) groups is 1. The molecule has 1 fully saturated rings. The first kappa shape index (κ1) is 13.5. The van der Waals surface area contributed by atoms with Crippen LogP contribution in [0.5, 0.6) is 0 Å². The quantitative estimate of drug-likeness (QED) is 0.788. The molecule has 1 rings (SSSR count). The van der Waals surface area contributed by atoms with Crippen LogP contribution in [0, 0.1) is 0 Å². The molecule has 0 saturated carbocycles. The highest BCUT2D eigenvalue weighted by Crippen LogP contribution is 2.21. The van der Waals surface area contributed by atoms with Crippen molar-refractivity contribution in [3.05, 3.63) is 0 Å². The summed E-state index contributed by atoms with van der Waals surface area (Å²) in [7, 11) is 0. The lowest BCUT2D eigenvalue weighted by Gasteiger charge is -2.42. The number of nitrogens with two attached hydrogens (primary N) is 1. The average molecular weight is 228 g/mol. The molecule has 0 bridgehead atoms. The third-order valence-electron chi connectivity index (χ3n) is 2.93. The van der Waals surface area contributed by atoms with Crippen LogP contribution in [0.4, 0.5) is 0 Å². The molecule has 0 aromatic heterocycles. The molecule has 1 aliphatic heterocycles. The molecular formula is C12H24N2O2. The molecule has 0 spiro atoms. The van der Waals surface area contributed by atoms with Crippen molar-refractivity contribution >= 4 is 5.91 Å². The first-order chi connectivity index (χ1) is 7.22. The summed E-state index contributed by atoms with van der Waals surface area (Å²) in [6.07, 6.45) is 1.24. The molecule has 0 unspecified atom stereocenters. The molecule has 0 aromatic rings. The lowest BCUT2D eigenvalue weighted by molar-refractivity contribution is -0.146. The highest BCUT2D eigenvalue weighted by Gasteiger charge is 2.34. The van der Waals surface area contributed by atoms with E-state index in [-0.39, 0.29) is 17.0 Å². The number of hydrogen-bond donors (Lipinski definition) is 1. The number of ether oxygens (including phenoxy) is 1. The van der Waals surface area contributed by atoms with Crippen LogP contribution in [0.15, 0.2) is 0 Å². The number of hydrogen-bond acceptors (Lipinski definition) is 3. The lowest BCUT2D eigenvalue weighted by atomic mass is 9.97. The van der Waals surface area contributed by atoms with Gasteiger partial charge in [0.25, 0.3) is 0 Å². The van der Waals surface area contributed by atoms with Crippen LogP contribution < -0.4 is 5.73 Å². The van der Waals surface area contributed by atoms with E-state index in [1.807, 2.05) is 32.6 Å². The standard InChI is InChI=1S/C12H24N2O2/c1-11(2,13)6-5-10(15)14-7-8-16-9-12(14,3)4/h5-9,13H2,1-4H3. The largest absolute Gasteiger partial charge is 0.377 e. The van der Waals surface area contributed by atoms with E-state index in [4.69, 9.17) is 10.5 Å². The molecule has 0 atom stereocenters. The summed E-state index contributed by atoms with van der Waals surface area (Å²) in [6.45, 7) is 9.92. The Balaban J connectivity index is 2.52. The van der Waals surface area contributed by atoms with Gasteiger partial charge in [-0.25, -0.2) is 0 Å². The van der Waals surface area contributed by atoms with E-state index in [2.05, 4.69) is 0 Å². The lowest BCUT2D eigenvalue weighted by Crippen LogP contribution is -2.55. The number of nitrogens with zero attached hydrogens (tertiary/aromatic N) is 1. The predicted molar refractivity (Wildman–Crippen MR) is 64.1 cm³/mol. The smallest absolute Gasteiger partial charge is 0.223 e. The molecule has 0 aromatic carbocycles. The third kappa shape index (κ3) is 3.76. The van der Waals surface area contributed by atoms with Gasteiger partial charge in [-0.1, -0.05) is 0 Å². The maximum atomic E-state index is 12.1. The minimum absolute atomic E-state index is 0.186. The molecule has 4 nitrogen and oxygen atoms in total. The topological polar surface area (TPSA) is 55.6 Å². The Labute approximate surface area is 98.1 Å². The van der Waals surface area contributed by atoms with Crippen molar-refractivity contribution in [2.75, 3.05) is 19.8 Å². The summed E-state index contributed by atoms with van der Waals surface area (Å²) in [6, 6.07) is 0. The zero-order valence-electron chi connectivity index (χ0n) is 10.9. The van der Waals surface area contributed by atoms with Gasteiger partial charge in [0.15, 0.2) is 0 Å². The Morgan fingerprint density at radius 3 is 2.62 bits per heavy atom. The van der Waals surface area contributed by atoms with Gasteiger partial charge in [-0.2, -0.15) is 0 Å². The molecule has 1 amide bonds. The summed E-state index contributed by atoms with van der Waals surface area (Å²) in [5.41, 5.74) is 5.43. The van der Waals surface area contributed by atoms with E-state index in [1.165, 1.54) is 0 Å². The van der Waals surface area contributed by atoms with Crippen LogP contribution in [0.25, 0.3) is 0 Å². The first-order valence-corrected chi connectivity index (χ1v) is 5.89. The third-order valence-corrected chi connectivity index (χ3v) is 2.93. The Morgan fingerprint density at radius 2 is 2.12 bits per heavy atom. The highest BCUT2D eigenvalue weighted by atomic mass is 16.5. The number of carbonyl (C=O) groups excluding carboxylic acids is 1. The van der Waals surface area contributed by atoms with Gasteiger partial charge in [0.1, 0.15) is 0 Å². The second kappa shape index (κ2) is 4.72. The molecular weight excluding hydrogens is 204 g/mol. The van der Waals surface area contributed by atoms with Crippen LogP contribution in [-0.2, 0) is 9.53 Å². The fraction of sp³-hybridized carbons (Fsp3) is 0.917. The number of morpholine rings is 1. The van der Waals surface area contributed by atoms with Gasteiger partial charge < -0.3 is 15.4 Å². The van der Waals surface area contributed by atoms with Gasteiger partial charge in [-0.3, -0.25) is 4.79 Å². The summed E-state index contributed by atoms with van der Waals surface area (Å²) in [5.74, 6) is 0.187. The molecule has 1 saturated heterocycles. The van der Waals surface area contributed by atoms with E-state index in [0.29, 0.717) is 26.2 Å². The summed E-state index contributed by atoms with van der Waals surface area (Å²) < 4.78 is 5.39. The van der Waals surface area contributed by atoms with Gasteiger partial charge in [0.2, 0.25) is 5.91 Å². The predicted octanol–water partition coefficient (Wildman–Crippen LogP) is 1.14. The summed E-state index contributed by atoms with van der Waals surface area (Å²) in [5, 5.41) is 0. The van der Waals surface area contributed by atoms with Crippen LogP contribution >= 0.6 is 0 Å². The SMILES string of the molecule is CC(C)(N)CCC(=O)N1CCOCC1(C)C. The van der Waals surface area contributed by atoms with Crippen LogP contribution in [0.1, 0.15) is 40.5 Å². The van der Waals surface area contributed by atoms with Crippen molar-refractivity contribution in [2.45, 2.75) is 51.6 Å². The minimum atomic E-state index is -0.272. The Hall–Kier alpha value is -0.610. The second-order valence-corrected chi connectivity index (χ2v) is 5.90. The van der Waals surface area contributed by atoms with Crippen molar-refractivity contribution in [3.8, 4) is 0 Å². The molecule has 4 heteroatoms. The molecule has 0 radical (unpaired) electrons.